The molecular formula is C19H21N5O9S3. The smallest absolute Gasteiger partial charge is 0.313 e. The van der Waals surface area contributed by atoms with E-state index in [4.69, 9.17) is 14.7 Å². The molecule has 2 saturated heterocycles. The van der Waals surface area contributed by atoms with Gasteiger partial charge in [0.05, 0.1) is 6.54 Å². The monoisotopic (exact) mass is 559 g/mol. The minimum Gasteiger partial charge on any atom is -0.508 e. The summed E-state index contributed by atoms with van der Waals surface area (Å²) in [6.45, 7) is -0.476. The van der Waals surface area contributed by atoms with Crippen LogP contribution in [-0.2, 0) is 30.3 Å². The van der Waals surface area contributed by atoms with Crippen molar-refractivity contribution in [3.05, 3.63) is 30.2 Å². The van der Waals surface area contributed by atoms with Gasteiger partial charge in [-0.2, -0.15) is 8.42 Å². The molecule has 2 fully saturated rings. The predicted molar refractivity (Wildman–Crippen MR) is 127 cm³/mol. The minimum absolute atomic E-state index is 0.0115. The average Bonchev–Trinajstić information content (AvgIpc) is 3.26. The zero-order chi connectivity index (χ0) is 26.3. The molecule has 2 amide bonds. The number of carboxylic acid groups (broad SMARTS) is 1. The van der Waals surface area contributed by atoms with E-state index in [1.807, 2.05) is 0 Å². The van der Waals surface area contributed by atoms with Gasteiger partial charge in [0.25, 0.3) is 15.3 Å². The number of anilines is 1. The van der Waals surface area contributed by atoms with Crippen LogP contribution in [0.4, 0.5) is 5.69 Å². The molecule has 3 heterocycles. The third-order valence-corrected chi connectivity index (χ3v) is 8.94. The van der Waals surface area contributed by atoms with Crippen molar-refractivity contribution in [1.82, 2.24) is 15.1 Å². The Hall–Kier alpha value is -2.86. The molecule has 5 N–H and O–H groups in total. The largest absolute Gasteiger partial charge is 0.508 e. The van der Waals surface area contributed by atoms with Gasteiger partial charge in [-0.25, -0.2) is 0 Å². The zero-order valence-corrected chi connectivity index (χ0v) is 20.8. The molecule has 0 saturated carbocycles. The van der Waals surface area contributed by atoms with Crippen molar-refractivity contribution in [3.63, 3.8) is 0 Å². The fraction of sp³-hybridized carbons (Fsp3) is 0.421. The molecule has 36 heavy (non-hydrogen) atoms. The summed E-state index contributed by atoms with van der Waals surface area (Å²) in [5.41, 5.74) is 4.56. The predicted octanol–water partition coefficient (Wildman–Crippen LogP) is -0.398. The molecule has 3 atom stereocenters. The Bertz CT molecular complexity index is 1290. The van der Waals surface area contributed by atoms with E-state index in [2.05, 4.69) is 10.2 Å². The zero-order valence-electron chi connectivity index (χ0n) is 18.4. The first kappa shape index (κ1) is 26.2. The van der Waals surface area contributed by atoms with E-state index >= 15 is 0 Å². The van der Waals surface area contributed by atoms with Crippen LogP contribution in [0, 0.1) is 5.41 Å². The van der Waals surface area contributed by atoms with Gasteiger partial charge in [0.1, 0.15) is 22.6 Å². The van der Waals surface area contributed by atoms with Crippen LogP contribution in [0.3, 0.4) is 0 Å². The van der Waals surface area contributed by atoms with Gasteiger partial charge >= 0.3 is 5.97 Å². The second-order valence-corrected chi connectivity index (χ2v) is 11.6. The lowest BCUT2D eigenvalue weighted by atomic mass is 9.89. The van der Waals surface area contributed by atoms with Gasteiger partial charge in [-0.1, -0.05) is 11.8 Å². The van der Waals surface area contributed by atoms with Crippen LogP contribution in [0.25, 0.3) is 0 Å². The first-order valence-corrected chi connectivity index (χ1v) is 14.0. The SMILES string of the molecule is NCC(=O)N(c1ccc(O)cc1)C1C(=O)N2CC(CSc3nnc(CS(=O)(=O)O)o3)(C(=O)O)CS[C@H]12. The Morgan fingerprint density at radius 3 is 2.61 bits per heavy atom. The number of hydrogen-bond acceptors (Lipinski definition) is 12. The number of benzene rings is 1. The molecule has 0 radical (unpaired) electrons. The number of carboxylic acids is 1. The molecule has 14 nitrogen and oxygen atoms in total. The summed E-state index contributed by atoms with van der Waals surface area (Å²) in [4.78, 5) is 40.7. The summed E-state index contributed by atoms with van der Waals surface area (Å²) in [5, 5.41) is 26.1. The fourth-order valence-electron chi connectivity index (χ4n) is 3.87. The van der Waals surface area contributed by atoms with E-state index in [1.165, 1.54) is 45.8 Å². The highest BCUT2D eigenvalue weighted by atomic mass is 32.2. The van der Waals surface area contributed by atoms with Crippen LogP contribution >= 0.6 is 23.5 Å². The molecule has 2 unspecified atom stereocenters. The van der Waals surface area contributed by atoms with Crippen molar-refractivity contribution >= 4 is 57.1 Å². The van der Waals surface area contributed by atoms with Crippen molar-refractivity contribution in [2.45, 2.75) is 22.4 Å². The number of β-lactam (4-membered cyclic amide) rings is 1. The summed E-state index contributed by atoms with van der Waals surface area (Å²) in [6.07, 6.45) is 0. The van der Waals surface area contributed by atoms with Gasteiger partial charge in [0.15, 0.2) is 5.75 Å². The number of phenolic OH excluding ortho intramolecular Hbond substituents is 1. The fourth-order valence-corrected chi connectivity index (χ4v) is 6.98. The van der Waals surface area contributed by atoms with Crippen molar-refractivity contribution < 1.29 is 42.0 Å². The number of phenols is 1. The number of carbonyl (C=O) groups is 3. The molecule has 17 heteroatoms. The van der Waals surface area contributed by atoms with E-state index in [1.54, 1.807) is 0 Å². The maximum atomic E-state index is 13.1. The van der Waals surface area contributed by atoms with Crippen LogP contribution in [-0.4, -0.2) is 92.1 Å². The molecule has 0 aliphatic carbocycles. The first-order chi connectivity index (χ1) is 16.9. The van der Waals surface area contributed by atoms with Gasteiger partial charge in [0.2, 0.25) is 17.7 Å². The summed E-state index contributed by atoms with van der Waals surface area (Å²) in [5.74, 6) is -3.27. The van der Waals surface area contributed by atoms with Gasteiger partial charge < -0.3 is 25.3 Å². The molecule has 2 aromatic rings. The summed E-state index contributed by atoms with van der Waals surface area (Å²) in [6, 6.07) is 4.87. The molecule has 1 aromatic carbocycles. The number of aromatic hydroxyl groups is 1. The Kier molecular flexibility index (Phi) is 7.20. The van der Waals surface area contributed by atoms with Crippen LogP contribution in [0.15, 0.2) is 33.9 Å². The number of aliphatic carboxylic acids is 1. The number of hydrogen-bond donors (Lipinski definition) is 4. The number of carbonyl (C=O) groups excluding carboxylic acids is 2. The highest BCUT2D eigenvalue weighted by Crippen LogP contribution is 2.46. The van der Waals surface area contributed by atoms with Crippen molar-refractivity contribution in [2.75, 3.05) is 29.5 Å². The number of amides is 2. The number of nitrogens with zero attached hydrogens (tertiary/aromatic N) is 4. The lowest BCUT2D eigenvalue weighted by Gasteiger charge is -2.56. The second kappa shape index (κ2) is 9.89. The minimum atomic E-state index is -4.37. The normalized spacial score (nSPS) is 23.6. The number of fused-ring (bicyclic) bond motifs is 1. The highest BCUT2D eigenvalue weighted by Gasteiger charge is 2.59. The van der Waals surface area contributed by atoms with E-state index in [9.17, 15) is 33.0 Å². The quantitative estimate of drug-likeness (QED) is 0.175. The second-order valence-electron chi connectivity index (χ2n) is 8.16. The van der Waals surface area contributed by atoms with Gasteiger partial charge in [-0.3, -0.25) is 23.8 Å². The lowest BCUT2D eigenvalue weighted by Crippen LogP contribution is -2.75. The topological polar surface area (TPSA) is 217 Å². The molecule has 4 rings (SSSR count). The van der Waals surface area contributed by atoms with E-state index in [0.29, 0.717) is 5.69 Å². The lowest BCUT2D eigenvalue weighted by molar-refractivity contribution is -0.156. The molecule has 0 spiro atoms. The third kappa shape index (κ3) is 5.15. The molecule has 2 aliphatic heterocycles. The third-order valence-electron chi connectivity index (χ3n) is 5.65. The summed E-state index contributed by atoms with van der Waals surface area (Å²) in [7, 11) is -4.37. The molecule has 194 valence electrons. The first-order valence-electron chi connectivity index (χ1n) is 10.3. The van der Waals surface area contributed by atoms with Gasteiger partial charge in [-0.15, -0.1) is 22.0 Å². The van der Waals surface area contributed by atoms with Crippen molar-refractivity contribution in [1.29, 1.82) is 0 Å². The van der Waals surface area contributed by atoms with E-state index in [0.717, 1.165) is 11.8 Å². The van der Waals surface area contributed by atoms with Crippen LogP contribution in [0.1, 0.15) is 5.89 Å². The Balaban J connectivity index is 1.49. The Morgan fingerprint density at radius 1 is 1.31 bits per heavy atom. The average molecular weight is 560 g/mol. The van der Waals surface area contributed by atoms with Crippen LogP contribution < -0.4 is 10.6 Å². The van der Waals surface area contributed by atoms with E-state index < -0.39 is 50.5 Å². The number of aromatic nitrogens is 2. The highest BCUT2D eigenvalue weighted by molar-refractivity contribution is 8.00. The molecule has 2 aliphatic rings. The van der Waals surface area contributed by atoms with Gasteiger partial charge in [0, 0.05) is 23.7 Å². The van der Waals surface area contributed by atoms with Gasteiger partial charge in [-0.05, 0) is 24.3 Å². The number of rotatable bonds is 9. The Morgan fingerprint density at radius 2 is 2.00 bits per heavy atom. The number of thioether (sulfide) groups is 2. The van der Waals surface area contributed by atoms with Crippen LogP contribution in [0.2, 0.25) is 0 Å². The Labute approximate surface area is 213 Å². The maximum absolute atomic E-state index is 13.1. The van der Waals surface area contributed by atoms with Crippen molar-refractivity contribution in [3.8, 4) is 5.75 Å². The summed E-state index contributed by atoms with van der Waals surface area (Å²) >= 11 is 2.10. The van der Waals surface area contributed by atoms with E-state index in [-0.39, 0.29) is 41.5 Å². The van der Waals surface area contributed by atoms with Crippen LogP contribution in [0.5, 0.6) is 5.75 Å². The molecule has 1 aromatic heterocycles. The summed E-state index contributed by atoms with van der Waals surface area (Å²) < 4.78 is 36.0. The maximum Gasteiger partial charge on any atom is 0.313 e. The molecular weight excluding hydrogens is 538 g/mol. The molecule has 0 bridgehead atoms. The number of nitrogens with two attached hydrogens (primary N) is 1. The standard InChI is InChI=1S/C19H21N5O9S3/c20-5-13(26)24(10-1-3-11(25)4-2-10)14-15(27)23-7-19(17(28)29,8-34-16(14)23)9-35-18-22-21-12(33-18)6-36(30,31)32/h1-4,14,16,25H,5-9,20H2,(H,28,29)(H,30,31,32)/t14?,16-,19?/m1/s1. The van der Waals surface area contributed by atoms with Crippen molar-refractivity contribution in [2.24, 2.45) is 11.1 Å².